The Morgan fingerprint density at radius 1 is 1.30 bits per heavy atom. The van der Waals surface area contributed by atoms with Gasteiger partial charge in [0, 0.05) is 5.02 Å². The first-order chi connectivity index (χ1) is 9.56. The molecular weight excluding hydrogens is 297 g/mol. The molecule has 0 amide bonds. The van der Waals surface area contributed by atoms with Crippen LogP contribution < -0.4 is 4.90 Å². The Morgan fingerprint density at radius 2 is 2.00 bits per heavy atom. The minimum absolute atomic E-state index is 0.109. The van der Waals surface area contributed by atoms with E-state index in [1.165, 1.54) is 37.3 Å². The lowest BCUT2D eigenvalue weighted by Gasteiger charge is -2.26. The molecule has 0 aromatic heterocycles. The van der Waals surface area contributed by atoms with E-state index in [1.807, 2.05) is 6.92 Å². The van der Waals surface area contributed by atoms with Gasteiger partial charge in [0.15, 0.2) is 0 Å². The summed E-state index contributed by atoms with van der Waals surface area (Å²) in [5, 5.41) is 0.845. The van der Waals surface area contributed by atoms with Gasteiger partial charge in [-0.15, -0.1) is 0 Å². The molecule has 1 fully saturated rings. The number of likely N-dealkylation sites (tertiary alicyclic amines) is 1. The van der Waals surface area contributed by atoms with Gasteiger partial charge >= 0.3 is 5.97 Å². The highest BCUT2D eigenvalue weighted by molar-refractivity contribution is 6.36. The molecule has 110 valence electrons. The van der Waals surface area contributed by atoms with E-state index in [0.29, 0.717) is 15.6 Å². The number of benzene rings is 1. The molecular formula is C15H20Cl2NO2+. The average Bonchev–Trinajstić information content (AvgIpc) is 2.39. The van der Waals surface area contributed by atoms with Crippen molar-refractivity contribution in [3.63, 3.8) is 0 Å². The van der Waals surface area contributed by atoms with Gasteiger partial charge in [-0.25, -0.2) is 4.79 Å². The molecule has 3 nitrogen and oxygen atoms in total. The zero-order chi connectivity index (χ0) is 14.5. The number of ether oxygens (including phenoxy) is 1. The SMILES string of the molecule is CC(C[NH+]1CCCCC1)OC(=O)c1ccc(Cl)cc1Cl. The molecule has 1 aromatic rings. The number of hydrogen-bond acceptors (Lipinski definition) is 2. The number of piperidine rings is 1. The van der Waals surface area contributed by atoms with E-state index in [1.54, 1.807) is 18.2 Å². The maximum atomic E-state index is 12.1. The fraction of sp³-hybridized carbons (Fsp3) is 0.533. The van der Waals surface area contributed by atoms with Crippen LogP contribution in [-0.2, 0) is 4.74 Å². The molecule has 1 atom stereocenters. The van der Waals surface area contributed by atoms with Crippen LogP contribution in [0.4, 0.5) is 0 Å². The molecule has 0 bridgehead atoms. The van der Waals surface area contributed by atoms with Crippen molar-refractivity contribution in [2.75, 3.05) is 19.6 Å². The van der Waals surface area contributed by atoms with Crippen LogP contribution in [0.5, 0.6) is 0 Å². The monoisotopic (exact) mass is 316 g/mol. The van der Waals surface area contributed by atoms with Gasteiger partial charge < -0.3 is 9.64 Å². The second kappa shape index (κ2) is 7.30. The number of quaternary nitrogens is 1. The number of esters is 1. The van der Waals surface area contributed by atoms with Crippen molar-refractivity contribution in [1.82, 2.24) is 0 Å². The first kappa shape index (κ1) is 15.6. The van der Waals surface area contributed by atoms with Gasteiger partial charge in [-0.3, -0.25) is 0 Å². The van der Waals surface area contributed by atoms with E-state index in [9.17, 15) is 4.79 Å². The lowest BCUT2D eigenvalue weighted by Crippen LogP contribution is -3.13. The summed E-state index contributed by atoms with van der Waals surface area (Å²) in [6, 6.07) is 4.80. The molecule has 1 saturated heterocycles. The Labute approximate surface area is 129 Å². The second-order valence-corrected chi connectivity index (χ2v) is 6.20. The van der Waals surface area contributed by atoms with Crippen LogP contribution >= 0.6 is 23.2 Å². The molecule has 1 aliphatic rings. The van der Waals surface area contributed by atoms with Gasteiger partial charge in [0.2, 0.25) is 0 Å². The molecule has 1 aliphatic heterocycles. The fourth-order valence-corrected chi connectivity index (χ4v) is 3.09. The molecule has 20 heavy (non-hydrogen) atoms. The number of rotatable bonds is 4. The highest BCUT2D eigenvalue weighted by Crippen LogP contribution is 2.21. The molecule has 5 heteroatoms. The summed E-state index contributed by atoms with van der Waals surface area (Å²) < 4.78 is 5.47. The van der Waals surface area contributed by atoms with Crippen molar-refractivity contribution >= 4 is 29.2 Å². The third-order valence-corrected chi connectivity index (χ3v) is 4.14. The summed E-state index contributed by atoms with van der Waals surface area (Å²) in [6.07, 6.45) is 3.73. The lowest BCUT2D eigenvalue weighted by atomic mass is 10.1. The number of carbonyl (C=O) groups excluding carboxylic acids is 1. The van der Waals surface area contributed by atoms with Crippen LogP contribution in [0.25, 0.3) is 0 Å². The molecule has 1 unspecified atom stereocenters. The van der Waals surface area contributed by atoms with Crippen LogP contribution in [-0.4, -0.2) is 31.7 Å². The van der Waals surface area contributed by atoms with E-state index in [2.05, 4.69) is 0 Å². The van der Waals surface area contributed by atoms with E-state index in [0.717, 1.165) is 6.54 Å². The maximum absolute atomic E-state index is 12.1. The van der Waals surface area contributed by atoms with Crippen molar-refractivity contribution in [2.24, 2.45) is 0 Å². The average molecular weight is 317 g/mol. The highest BCUT2D eigenvalue weighted by Gasteiger charge is 2.21. The lowest BCUT2D eigenvalue weighted by molar-refractivity contribution is -0.907. The summed E-state index contributed by atoms with van der Waals surface area (Å²) in [5.74, 6) is -0.379. The molecule has 1 heterocycles. The Morgan fingerprint density at radius 3 is 2.65 bits per heavy atom. The van der Waals surface area contributed by atoms with Gasteiger partial charge in [0.1, 0.15) is 12.6 Å². The minimum Gasteiger partial charge on any atom is -0.453 e. The van der Waals surface area contributed by atoms with E-state index in [-0.39, 0.29) is 12.1 Å². The molecule has 2 rings (SSSR count). The summed E-state index contributed by atoms with van der Waals surface area (Å²) in [6.45, 7) is 5.13. The fourth-order valence-electron chi connectivity index (χ4n) is 2.61. The number of hydrogen-bond donors (Lipinski definition) is 1. The topological polar surface area (TPSA) is 30.7 Å². The van der Waals surface area contributed by atoms with Crippen LogP contribution in [0.1, 0.15) is 36.5 Å². The maximum Gasteiger partial charge on any atom is 0.340 e. The summed E-state index contributed by atoms with van der Waals surface area (Å²) in [7, 11) is 0. The first-order valence-electron chi connectivity index (χ1n) is 7.06. The Hall–Kier alpha value is -0.770. The number of halogens is 2. The predicted molar refractivity (Wildman–Crippen MR) is 80.8 cm³/mol. The zero-order valence-corrected chi connectivity index (χ0v) is 13.1. The zero-order valence-electron chi connectivity index (χ0n) is 11.6. The van der Waals surface area contributed by atoms with Crippen LogP contribution in [0, 0.1) is 0 Å². The molecule has 0 radical (unpaired) electrons. The Kier molecular flexibility index (Phi) is 5.70. The smallest absolute Gasteiger partial charge is 0.340 e. The number of carbonyl (C=O) groups is 1. The van der Waals surface area contributed by atoms with Gasteiger partial charge in [-0.2, -0.15) is 0 Å². The Balaban J connectivity index is 1.89. The van der Waals surface area contributed by atoms with Crippen molar-refractivity contribution in [2.45, 2.75) is 32.3 Å². The van der Waals surface area contributed by atoms with Crippen LogP contribution in [0.2, 0.25) is 10.0 Å². The summed E-state index contributed by atoms with van der Waals surface area (Å²) in [5.41, 5.74) is 0.372. The standard InChI is InChI=1S/C15H19Cl2NO2/c1-11(10-18-7-3-2-4-8-18)20-15(19)13-6-5-12(16)9-14(13)17/h5-6,9,11H,2-4,7-8,10H2,1H3/p+1. The predicted octanol–water partition coefficient (Wildman–Crippen LogP) is 2.61. The quantitative estimate of drug-likeness (QED) is 0.866. The van der Waals surface area contributed by atoms with E-state index >= 15 is 0 Å². The third-order valence-electron chi connectivity index (χ3n) is 3.60. The van der Waals surface area contributed by atoms with Crippen LogP contribution in [0.15, 0.2) is 18.2 Å². The largest absolute Gasteiger partial charge is 0.453 e. The van der Waals surface area contributed by atoms with E-state index < -0.39 is 0 Å². The van der Waals surface area contributed by atoms with Gasteiger partial charge in [-0.1, -0.05) is 23.2 Å². The van der Waals surface area contributed by atoms with Crippen molar-refractivity contribution < 1.29 is 14.4 Å². The van der Waals surface area contributed by atoms with Gasteiger partial charge in [0.25, 0.3) is 0 Å². The minimum atomic E-state index is -0.379. The first-order valence-corrected chi connectivity index (χ1v) is 7.81. The van der Waals surface area contributed by atoms with E-state index in [4.69, 9.17) is 27.9 Å². The van der Waals surface area contributed by atoms with Gasteiger partial charge in [0.05, 0.1) is 23.7 Å². The third kappa shape index (κ3) is 4.37. The molecule has 0 spiro atoms. The molecule has 1 N–H and O–H groups in total. The second-order valence-electron chi connectivity index (χ2n) is 5.35. The highest BCUT2D eigenvalue weighted by atomic mass is 35.5. The molecule has 0 aliphatic carbocycles. The molecule has 0 saturated carbocycles. The molecule has 1 aromatic carbocycles. The van der Waals surface area contributed by atoms with Crippen molar-refractivity contribution in [1.29, 1.82) is 0 Å². The normalized spacial score (nSPS) is 17.8. The van der Waals surface area contributed by atoms with Gasteiger partial charge in [-0.05, 0) is 44.4 Å². The number of nitrogens with one attached hydrogen (secondary N) is 1. The Bertz CT molecular complexity index is 473. The van der Waals surface area contributed by atoms with Crippen molar-refractivity contribution in [3.05, 3.63) is 33.8 Å². The summed E-state index contributed by atoms with van der Waals surface area (Å²) >= 11 is 11.8. The summed E-state index contributed by atoms with van der Waals surface area (Å²) in [4.78, 5) is 13.6. The van der Waals surface area contributed by atoms with Crippen LogP contribution in [0.3, 0.4) is 0 Å². The van der Waals surface area contributed by atoms with Crippen molar-refractivity contribution in [3.8, 4) is 0 Å².